The van der Waals surface area contributed by atoms with Crippen molar-refractivity contribution in [1.82, 2.24) is 5.32 Å². The lowest BCUT2D eigenvalue weighted by Gasteiger charge is -2.29. The highest BCUT2D eigenvalue weighted by atomic mass is 32.2. The fraction of sp³-hybridized carbons (Fsp3) is 0.917. The Morgan fingerprint density at radius 3 is 3.00 bits per heavy atom. The minimum atomic E-state index is -0.542. The maximum absolute atomic E-state index is 11.7. The van der Waals surface area contributed by atoms with Crippen LogP contribution in [-0.4, -0.2) is 42.7 Å². The van der Waals surface area contributed by atoms with Gasteiger partial charge in [-0.1, -0.05) is 13.3 Å². The van der Waals surface area contributed by atoms with E-state index in [-0.39, 0.29) is 12.5 Å². The van der Waals surface area contributed by atoms with Crippen LogP contribution in [0.4, 0.5) is 0 Å². The van der Waals surface area contributed by atoms with Crippen molar-refractivity contribution in [2.75, 3.05) is 19.5 Å². The predicted molar refractivity (Wildman–Crippen MR) is 72.2 cm³/mol. The maximum atomic E-state index is 11.7. The molecule has 1 fully saturated rings. The zero-order chi connectivity index (χ0) is 12.7. The fourth-order valence-electron chi connectivity index (χ4n) is 2.23. The van der Waals surface area contributed by atoms with E-state index in [4.69, 9.17) is 10.5 Å². The van der Waals surface area contributed by atoms with Gasteiger partial charge in [0.2, 0.25) is 5.91 Å². The van der Waals surface area contributed by atoms with Crippen molar-refractivity contribution in [3.05, 3.63) is 0 Å². The second kappa shape index (κ2) is 7.95. The Morgan fingerprint density at radius 1 is 1.59 bits per heavy atom. The number of amides is 1. The molecule has 3 atom stereocenters. The Morgan fingerprint density at radius 2 is 2.35 bits per heavy atom. The number of rotatable bonds is 6. The normalized spacial score (nSPS) is 26.5. The molecule has 0 aromatic rings. The summed E-state index contributed by atoms with van der Waals surface area (Å²) in [5, 5.41) is 3.73. The van der Waals surface area contributed by atoms with Crippen LogP contribution in [-0.2, 0) is 9.53 Å². The first-order chi connectivity index (χ1) is 8.17. The summed E-state index contributed by atoms with van der Waals surface area (Å²) >= 11 is 1.99. The van der Waals surface area contributed by atoms with Crippen molar-refractivity contribution >= 4 is 17.7 Å². The Balaban J connectivity index is 2.32. The maximum Gasteiger partial charge on any atom is 0.239 e. The molecule has 0 saturated heterocycles. The SMILES string of the molecule is CCSC1CCCC(NC(=O)C(N)COC)C1. The second-order valence-electron chi connectivity index (χ2n) is 4.51. The van der Waals surface area contributed by atoms with Crippen molar-refractivity contribution in [1.29, 1.82) is 0 Å². The molecule has 100 valence electrons. The van der Waals surface area contributed by atoms with E-state index >= 15 is 0 Å². The summed E-state index contributed by atoms with van der Waals surface area (Å²) < 4.78 is 4.88. The van der Waals surface area contributed by atoms with Gasteiger partial charge >= 0.3 is 0 Å². The number of ether oxygens (including phenoxy) is 1. The van der Waals surface area contributed by atoms with Gasteiger partial charge < -0.3 is 15.8 Å². The van der Waals surface area contributed by atoms with E-state index in [9.17, 15) is 4.79 Å². The van der Waals surface area contributed by atoms with Crippen molar-refractivity contribution in [2.45, 2.75) is 49.9 Å². The van der Waals surface area contributed by atoms with Crippen LogP contribution in [0.15, 0.2) is 0 Å². The van der Waals surface area contributed by atoms with Crippen LogP contribution in [0.3, 0.4) is 0 Å². The second-order valence-corrected chi connectivity index (χ2v) is 6.09. The number of methoxy groups -OCH3 is 1. The van der Waals surface area contributed by atoms with Crippen LogP contribution >= 0.6 is 11.8 Å². The van der Waals surface area contributed by atoms with E-state index in [0.717, 1.165) is 18.6 Å². The van der Waals surface area contributed by atoms with Crippen molar-refractivity contribution in [3.63, 3.8) is 0 Å². The number of carbonyl (C=O) groups excluding carboxylic acids is 1. The molecule has 0 aromatic carbocycles. The molecule has 4 nitrogen and oxygen atoms in total. The zero-order valence-corrected chi connectivity index (χ0v) is 11.6. The molecule has 17 heavy (non-hydrogen) atoms. The summed E-state index contributed by atoms with van der Waals surface area (Å²) in [5.74, 6) is 1.06. The molecule has 1 aliphatic rings. The van der Waals surface area contributed by atoms with Gasteiger partial charge in [-0.25, -0.2) is 0 Å². The van der Waals surface area contributed by atoms with Gasteiger partial charge in [0.05, 0.1) is 6.61 Å². The molecule has 0 aliphatic heterocycles. The van der Waals surface area contributed by atoms with Gasteiger partial charge in [-0.15, -0.1) is 0 Å². The topological polar surface area (TPSA) is 64.4 Å². The lowest BCUT2D eigenvalue weighted by molar-refractivity contribution is -0.124. The van der Waals surface area contributed by atoms with E-state index in [1.54, 1.807) is 7.11 Å². The summed E-state index contributed by atoms with van der Waals surface area (Å²) in [5.41, 5.74) is 5.70. The van der Waals surface area contributed by atoms with Crippen LogP contribution in [0.5, 0.6) is 0 Å². The molecule has 5 heteroatoms. The third kappa shape index (κ3) is 5.27. The third-order valence-electron chi connectivity index (χ3n) is 3.06. The van der Waals surface area contributed by atoms with E-state index in [1.165, 1.54) is 12.8 Å². The quantitative estimate of drug-likeness (QED) is 0.752. The summed E-state index contributed by atoms with van der Waals surface area (Å²) in [6.07, 6.45) is 4.62. The lowest BCUT2D eigenvalue weighted by Crippen LogP contribution is -2.48. The minimum Gasteiger partial charge on any atom is -0.383 e. The van der Waals surface area contributed by atoms with E-state index < -0.39 is 6.04 Å². The van der Waals surface area contributed by atoms with E-state index in [2.05, 4.69) is 12.2 Å². The Bertz CT molecular complexity index is 237. The monoisotopic (exact) mass is 260 g/mol. The minimum absolute atomic E-state index is 0.0843. The number of carbonyl (C=O) groups is 1. The number of hydrogen-bond acceptors (Lipinski definition) is 4. The first-order valence-electron chi connectivity index (χ1n) is 6.33. The number of thioether (sulfide) groups is 1. The molecule has 0 aromatic heterocycles. The predicted octanol–water partition coefficient (Wildman–Crippen LogP) is 1.14. The van der Waals surface area contributed by atoms with Crippen molar-refractivity contribution < 1.29 is 9.53 Å². The van der Waals surface area contributed by atoms with Crippen LogP contribution in [0.1, 0.15) is 32.6 Å². The number of nitrogens with one attached hydrogen (secondary N) is 1. The highest BCUT2D eigenvalue weighted by Gasteiger charge is 2.24. The van der Waals surface area contributed by atoms with Crippen molar-refractivity contribution in [2.24, 2.45) is 5.73 Å². The van der Waals surface area contributed by atoms with Crippen molar-refractivity contribution in [3.8, 4) is 0 Å². The molecule has 3 N–H and O–H groups in total. The van der Waals surface area contributed by atoms with Gasteiger partial charge in [-0.3, -0.25) is 4.79 Å². The molecule has 0 bridgehead atoms. The number of hydrogen-bond donors (Lipinski definition) is 2. The van der Waals surface area contributed by atoms with Crippen LogP contribution in [0.2, 0.25) is 0 Å². The standard InChI is InChI=1S/C12H24N2O2S/c1-3-17-10-6-4-5-9(7-10)14-12(15)11(13)8-16-2/h9-11H,3-8,13H2,1-2H3,(H,14,15). The third-order valence-corrected chi connectivity index (χ3v) is 4.29. The highest BCUT2D eigenvalue weighted by Crippen LogP contribution is 2.28. The Kier molecular flexibility index (Phi) is 6.92. The molecule has 3 unspecified atom stereocenters. The molecule has 0 radical (unpaired) electrons. The average molecular weight is 260 g/mol. The lowest BCUT2D eigenvalue weighted by atomic mass is 9.95. The summed E-state index contributed by atoms with van der Waals surface area (Å²) in [4.78, 5) is 11.7. The van der Waals surface area contributed by atoms with Crippen LogP contribution < -0.4 is 11.1 Å². The van der Waals surface area contributed by atoms with Gasteiger partial charge in [-0.2, -0.15) is 11.8 Å². The van der Waals surface area contributed by atoms with Gasteiger partial charge in [0.1, 0.15) is 6.04 Å². The fourth-order valence-corrected chi connectivity index (χ4v) is 3.40. The van der Waals surface area contributed by atoms with Gasteiger partial charge in [-0.05, 0) is 25.0 Å². The molecule has 0 heterocycles. The van der Waals surface area contributed by atoms with Gasteiger partial charge in [0.15, 0.2) is 0 Å². The summed E-state index contributed by atoms with van der Waals surface area (Å²) in [7, 11) is 1.56. The van der Waals surface area contributed by atoms with Crippen LogP contribution in [0, 0.1) is 0 Å². The van der Waals surface area contributed by atoms with Gasteiger partial charge in [0, 0.05) is 18.4 Å². The molecular formula is C12H24N2O2S. The molecule has 1 saturated carbocycles. The molecule has 1 rings (SSSR count). The largest absolute Gasteiger partial charge is 0.383 e. The molecule has 1 amide bonds. The molecular weight excluding hydrogens is 236 g/mol. The summed E-state index contributed by atoms with van der Waals surface area (Å²) in [6.45, 7) is 2.47. The smallest absolute Gasteiger partial charge is 0.239 e. The Labute approximate surface area is 108 Å². The average Bonchev–Trinajstić information content (AvgIpc) is 2.30. The first-order valence-corrected chi connectivity index (χ1v) is 7.38. The first kappa shape index (κ1) is 14.8. The molecule has 0 spiro atoms. The van der Waals surface area contributed by atoms with Gasteiger partial charge in [0.25, 0.3) is 0 Å². The van der Waals surface area contributed by atoms with Crippen LogP contribution in [0.25, 0.3) is 0 Å². The molecule has 1 aliphatic carbocycles. The number of nitrogens with two attached hydrogens (primary N) is 1. The zero-order valence-electron chi connectivity index (χ0n) is 10.8. The highest BCUT2D eigenvalue weighted by molar-refractivity contribution is 7.99. The van der Waals surface area contributed by atoms with E-state index in [1.807, 2.05) is 11.8 Å². The summed E-state index contributed by atoms with van der Waals surface area (Å²) in [6, 6.07) is -0.248. The van der Waals surface area contributed by atoms with E-state index in [0.29, 0.717) is 11.3 Å². The Hall–Kier alpha value is -0.260.